The minimum Gasteiger partial charge on any atom is -0.504 e. The Kier molecular flexibility index (Phi) is 10.7. The first-order valence-electron chi connectivity index (χ1n) is 11.7. The fourth-order valence-electron chi connectivity index (χ4n) is 3.48. The molecule has 0 spiro atoms. The average molecular weight is 509 g/mol. The number of rotatable bonds is 14. The lowest BCUT2D eigenvalue weighted by Gasteiger charge is -2.27. The zero-order valence-corrected chi connectivity index (χ0v) is 21.6. The van der Waals surface area contributed by atoms with Gasteiger partial charge >= 0.3 is 6.09 Å². The van der Waals surface area contributed by atoms with Crippen LogP contribution in [0, 0.1) is 5.92 Å². The standard InChI is InChI=1S/C25H36N2O7S/c1-5-15-27(35(31,32)18-26(25(29)30)17-19(3)6-2)16-14-20-8-7-9-23(24(20)28)34-22-12-10-21(33-4)11-13-22/h7-13,19,28H,5-6,14-18H2,1-4H3,(H,29,30). The molecular formula is C25H36N2O7S. The average Bonchev–Trinajstić information content (AvgIpc) is 2.83. The van der Waals surface area contributed by atoms with Gasteiger partial charge in [-0.1, -0.05) is 39.3 Å². The summed E-state index contributed by atoms with van der Waals surface area (Å²) in [5, 5.41) is 20.2. The highest BCUT2D eigenvalue weighted by Gasteiger charge is 2.28. The molecule has 0 bridgehead atoms. The van der Waals surface area contributed by atoms with Crippen molar-refractivity contribution in [3.63, 3.8) is 0 Å². The Hall–Kier alpha value is -2.98. The zero-order chi connectivity index (χ0) is 26.0. The van der Waals surface area contributed by atoms with E-state index in [1.54, 1.807) is 49.6 Å². The molecule has 2 aromatic rings. The molecule has 2 rings (SSSR count). The zero-order valence-electron chi connectivity index (χ0n) is 20.8. The van der Waals surface area contributed by atoms with Gasteiger partial charge in [-0.3, -0.25) is 4.90 Å². The number of para-hydroxylation sites is 1. The molecule has 0 saturated carbocycles. The number of carboxylic acid groups (broad SMARTS) is 1. The topological polar surface area (TPSA) is 117 Å². The summed E-state index contributed by atoms with van der Waals surface area (Å²) < 4.78 is 38.4. The summed E-state index contributed by atoms with van der Waals surface area (Å²) in [5.74, 6) is 0.830. The van der Waals surface area contributed by atoms with Gasteiger partial charge in [0, 0.05) is 19.6 Å². The number of aromatic hydroxyl groups is 1. The summed E-state index contributed by atoms with van der Waals surface area (Å²) in [6, 6.07) is 12.0. The second-order valence-corrected chi connectivity index (χ2v) is 10.4. The molecule has 1 amide bonds. The van der Waals surface area contributed by atoms with Crippen LogP contribution in [0.25, 0.3) is 0 Å². The van der Waals surface area contributed by atoms with E-state index < -0.39 is 22.0 Å². The van der Waals surface area contributed by atoms with Crippen molar-refractivity contribution < 1.29 is 32.9 Å². The van der Waals surface area contributed by atoms with E-state index in [0.717, 1.165) is 11.3 Å². The maximum Gasteiger partial charge on any atom is 0.408 e. The number of sulfonamides is 1. The van der Waals surface area contributed by atoms with Gasteiger partial charge in [0.15, 0.2) is 11.5 Å². The van der Waals surface area contributed by atoms with Crippen LogP contribution in [-0.4, -0.2) is 66.6 Å². The van der Waals surface area contributed by atoms with E-state index in [1.807, 2.05) is 20.8 Å². The molecule has 0 heterocycles. The Labute approximate surface area is 207 Å². The first kappa shape index (κ1) is 28.3. The minimum absolute atomic E-state index is 0.0475. The van der Waals surface area contributed by atoms with Crippen LogP contribution in [0.4, 0.5) is 4.79 Å². The lowest BCUT2D eigenvalue weighted by Crippen LogP contribution is -2.44. The van der Waals surface area contributed by atoms with Crippen LogP contribution in [0.2, 0.25) is 0 Å². The van der Waals surface area contributed by atoms with Crippen LogP contribution in [0.15, 0.2) is 42.5 Å². The van der Waals surface area contributed by atoms with E-state index in [-0.39, 0.29) is 43.5 Å². The van der Waals surface area contributed by atoms with Crippen molar-refractivity contribution in [2.75, 3.05) is 32.6 Å². The summed E-state index contributed by atoms with van der Waals surface area (Å²) in [6.45, 7) is 6.18. The van der Waals surface area contributed by atoms with Crippen LogP contribution in [-0.2, 0) is 16.4 Å². The molecule has 0 saturated heterocycles. The summed E-state index contributed by atoms with van der Waals surface area (Å²) in [6.07, 6.45) is 0.302. The molecule has 0 fully saturated rings. The van der Waals surface area contributed by atoms with Crippen LogP contribution in [0.3, 0.4) is 0 Å². The maximum atomic E-state index is 13.1. The van der Waals surface area contributed by atoms with Gasteiger partial charge in [-0.25, -0.2) is 17.5 Å². The van der Waals surface area contributed by atoms with Crippen molar-refractivity contribution in [3.8, 4) is 23.0 Å². The van der Waals surface area contributed by atoms with E-state index in [0.29, 0.717) is 23.5 Å². The van der Waals surface area contributed by atoms with Gasteiger partial charge in [0.05, 0.1) is 7.11 Å². The largest absolute Gasteiger partial charge is 0.504 e. The first-order valence-corrected chi connectivity index (χ1v) is 13.3. The van der Waals surface area contributed by atoms with E-state index in [9.17, 15) is 23.4 Å². The fraction of sp³-hybridized carbons (Fsp3) is 0.480. The second kappa shape index (κ2) is 13.2. The highest BCUT2D eigenvalue weighted by atomic mass is 32.2. The Balaban J connectivity index is 2.14. The van der Waals surface area contributed by atoms with Crippen LogP contribution in [0.1, 0.15) is 39.2 Å². The molecule has 35 heavy (non-hydrogen) atoms. The molecule has 2 N–H and O–H groups in total. The number of carbonyl (C=O) groups is 1. The summed E-state index contributed by atoms with van der Waals surface area (Å²) in [7, 11) is -2.31. The Bertz CT molecular complexity index is 1060. The van der Waals surface area contributed by atoms with Crippen molar-refractivity contribution in [3.05, 3.63) is 48.0 Å². The molecule has 10 heteroatoms. The molecule has 0 radical (unpaired) electrons. The molecule has 1 unspecified atom stereocenters. The van der Waals surface area contributed by atoms with Crippen molar-refractivity contribution in [2.24, 2.45) is 5.92 Å². The molecule has 0 aromatic heterocycles. The highest BCUT2D eigenvalue weighted by Crippen LogP contribution is 2.34. The fourth-order valence-corrected chi connectivity index (χ4v) is 5.08. The summed E-state index contributed by atoms with van der Waals surface area (Å²) in [5.41, 5.74) is 0.530. The lowest BCUT2D eigenvalue weighted by molar-refractivity contribution is 0.145. The van der Waals surface area contributed by atoms with Gasteiger partial charge in [0.25, 0.3) is 0 Å². The molecule has 2 aromatic carbocycles. The van der Waals surface area contributed by atoms with Gasteiger partial charge in [-0.05, 0) is 54.7 Å². The molecule has 0 aliphatic rings. The number of nitrogens with zero attached hydrogens (tertiary/aromatic N) is 2. The van der Waals surface area contributed by atoms with Crippen LogP contribution < -0.4 is 9.47 Å². The second-order valence-electron chi connectivity index (χ2n) is 8.45. The normalized spacial score (nSPS) is 12.4. The Morgan fingerprint density at radius 3 is 2.29 bits per heavy atom. The van der Waals surface area contributed by atoms with Gasteiger partial charge < -0.3 is 19.7 Å². The number of hydrogen-bond acceptors (Lipinski definition) is 6. The molecule has 0 aliphatic heterocycles. The van der Waals surface area contributed by atoms with Crippen molar-refractivity contribution in [1.82, 2.24) is 9.21 Å². The van der Waals surface area contributed by atoms with Gasteiger partial charge in [0.2, 0.25) is 10.0 Å². The monoisotopic (exact) mass is 508 g/mol. The Morgan fingerprint density at radius 2 is 1.71 bits per heavy atom. The summed E-state index contributed by atoms with van der Waals surface area (Å²) >= 11 is 0. The molecule has 0 aliphatic carbocycles. The SMILES string of the molecule is CCCN(CCc1cccc(Oc2ccc(OC)cc2)c1O)S(=O)(=O)CN(CC(C)CC)C(=O)O. The van der Waals surface area contributed by atoms with E-state index in [4.69, 9.17) is 9.47 Å². The predicted octanol–water partition coefficient (Wildman–Crippen LogP) is 4.76. The molecule has 1 atom stereocenters. The third-order valence-corrected chi connectivity index (χ3v) is 7.48. The van der Waals surface area contributed by atoms with E-state index in [2.05, 4.69) is 0 Å². The molecule has 9 nitrogen and oxygen atoms in total. The predicted molar refractivity (Wildman–Crippen MR) is 135 cm³/mol. The number of hydrogen-bond donors (Lipinski definition) is 2. The first-order chi connectivity index (χ1) is 16.6. The number of amides is 1. The van der Waals surface area contributed by atoms with Gasteiger partial charge in [0.1, 0.15) is 17.4 Å². The van der Waals surface area contributed by atoms with Gasteiger partial charge in [-0.15, -0.1) is 0 Å². The van der Waals surface area contributed by atoms with Gasteiger partial charge in [-0.2, -0.15) is 0 Å². The molecule has 194 valence electrons. The maximum absolute atomic E-state index is 13.1. The van der Waals surface area contributed by atoms with Crippen molar-refractivity contribution in [2.45, 2.75) is 40.0 Å². The van der Waals surface area contributed by atoms with Crippen LogP contribution >= 0.6 is 0 Å². The van der Waals surface area contributed by atoms with Crippen molar-refractivity contribution in [1.29, 1.82) is 0 Å². The lowest BCUT2D eigenvalue weighted by atomic mass is 10.1. The smallest absolute Gasteiger partial charge is 0.408 e. The number of ether oxygens (including phenoxy) is 2. The third kappa shape index (κ3) is 8.32. The Morgan fingerprint density at radius 1 is 1.06 bits per heavy atom. The third-order valence-electron chi connectivity index (χ3n) is 5.69. The highest BCUT2D eigenvalue weighted by molar-refractivity contribution is 7.89. The van der Waals surface area contributed by atoms with Crippen LogP contribution in [0.5, 0.6) is 23.0 Å². The summed E-state index contributed by atoms with van der Waals surface area (Å²) in [4.78, 5) is 12.6. The van der Waals surface area contributed by atoms with Crippen molar-refractivity contribution >= 4 is 16.1 Å². The van der Waals surface area contributed by atoms with E-state index >= 15 is 0 Å². The number of benzene rings is 2. The minimum atomic E-state index is -3.88. The quantitative estimate of drug-likeness (QED) is 0.378. The number of methoxy groups -OCH3 is 1. The van der Waals surface area contributed by atoms with E-state index in [1.165, 1.54) is 4.31 Å². The molecular weight excluding hydrogens is 472 g/mol. The number of phenols is 1. The number of phenolic OH excluding ortho intramolecular Hbond substituents is 1.